The quantitative estimate of drug-likeness (QED) is 0.0754. The van der Waals surface area contributed by atoms with Gasteiger partial charge in [0.1, 0.15) is 47.0 Å². The topological polar surface area (TPSA) is 373 Å². The summed E-state index contributed by atoms with van der Waals surface area (Å²) in [5.74, 6) is -11.2. The first kappa shape index (κ1) is 57.7. The third kappa shape index (κ3) is 15.6. The highest BCUT2D eigenvalue weighted by molar-refractivity contribution is 7.85. The van der Waals surface area contributed by atoms with Crippen molar-refractivity contribution in [3.8, 4) is 5.75 Å². The van der Waals surface area contributed by atoms with E-state index in [0.717, 1.165) is 37.1 Å². The van der Waals surface area contributed by atoms with Crippen molar-refractivity contribution in [1.82, 2.24) is 52.0 Å². The number of aliphatic hydroxyl groups is 3. The van der Waals surface area contributed by atoms with Crippen LogP contribution in [0.25, 0.3) is 10.9 Å². The number of aromatic nitrogens is 1. The van der Waals surface area contributed by atoms with Gasteiger partial charge >= 0.3 is 0 Å². The number of amides is 9. The van der Waals surface area contributed by atoms with E-state index in [1.54, 1.807) is 32.0 Å². The summed E-state index contributed by atoms with van der Waals surface area (Å²) in [6, 6.07) is -4.97. The van der Waals surface area contributed by atoms with Crippen LogP contribution < -0.4 is 47.7 Å². The van der Waals surface area contributed by atoms with Crippen LogP contribution in [-0.2, 0) is 60.4 Å². The van der Waals surface area contributed by atoms with Crippen LogP contribution in [0.4, 0.5) is 0 Å². The number of hydrogen-bond acceptors (Lipinski definition) is 15. The SMILES string of the molecule is CC[C@H](C)C1NC(=O)CNC(=O)[C@@H]2Cc3c([nH]c4cc(OCCCCCCN(C)C)ccc34)S(=O)C[C@H](NC(=O)CNC1=O)C(=O)N[C@@H](CC(N)=O)C(=O)N1C[C@H](O)C[C@H]1C(=O)N[C@@H]([C@@H](C)[C@@H](O)CO)C(=O)N2. The number of aliphatic hydroxyl groups excluding tert-OH is 3. The zero-order chi connectivity index (χ0) is 53.7. The molecular formula is C47H71N11O14S. The number of nitrogens with two attached hydrogens (primary N) is 1. The number of carbonyl (C=O) groups excluding carboxylic acids is 9. The third-order valence-electron chi connectivity index (χ3n) is 13.3. The summed E-state index contributed by atoms with van der Waals surface area (Å²) >= 11 is 0. The first-order valence-corrected chi connectivity index (χ1v) is 25.9. The molecule has 9 amide bonds. The van der Waals surface area contributed by atoms with E-state index in [4.69, 9.17) is 10.5 Å². The lowest BCUT2D eigenvalue weighted by Crippen LogP contribution is -2.62. The zero-order valence-electron chi connectivity index (χ0n) is 41.8. The molecule has 0 saturated carbocycles. The molecule has 26 heteroatoms. The number of hydrogen-bond donors (Lipinski definition) is 12. The van der Waals surface area contributed by atoms with Gasteiger partial charge < -0.3 is 77.8 Å². The minimum absolute atomic E-state index is 0.0932. The Balaban J connectivity index is 1.69. The fourth-order valence-corrected chi connectivity index (χ4v) is 10.3. The van der Waals surface area contributed by atoms with Gasteiger partial charge in [0, 0.05) is 36.8 Å². The minimum atomic E-state index is -2.36. The van der Waals surface area contributed by atoms with E-state index in [2.05, 4.69) is 47.1 Å². The molecule has 3 aliphatic rings. The molecule has 1 fully saturated rings. The first-order valence-electron chi connectivity index (χ1n) is 24.5. The molecule has 4 heterocycles. The highest BCUT2D eigenvalue weighted by atomic mass is 32.2. The lowest BCUT2D eigenvalue weighted by Gasteiger charge is -2.32. The van der Waals surface area contributed by atoms with Gasteiger partial charge in [-0.25, -0.2) is 0 Å². The summed E-state index contributed by atoms with van der Waals surface area (Å²) in [5.41, 5.74) is 6.04. The van der Waals surface area contributed by atoms with Crippen molar-refractivity contribution in [2.75, 3.05) is 59.2 Å². The summed E-state index contributed by atoms with van der Waals surface area (Å²) in [5, 5.41) is 49.3. The number of aromatic amines is 1. The molecule has 5 rings (SSSR count). The Kier molecular flexibility index (Phi) is 21.1. The van der Waals surface area contributed by atoms with E-state index in [9.17, 15) is 62.7 Å². The molecule has 1 aromatic heterocycles. The van der Waals surface area contributed by atoms with Crippen LogP contribution in [0.2, 0.25) is 0 Å². The lowest BCUT2D eigenvalue weighted by atomic mass is 9.93. The standard InChI is InChI=1S/C47H71N11O14S/c1-6-24(2)39-44(68)50-19-37(63)51-33-23-73(71)46-29(28-12-11-27(16-30(28)54-46)72-14-10-8-7-9-13-57(4)5)17-31(41(65)49-20-38(64)55-39)52-45(69)40(25(3)35(61)22-59)56-43(67)34-15-26(60)21-58(34)47(70)32(18-36(48)62)53-42(33)66/h11-12,16,24-26,31-35,39-40,54,59-61H,6-10,13-15,17-23H2,1-5H3,(H2,48,62)(H,49,65)(H,50,68)(H,51,63)(H,52,69)(H,53,66)(H,55,64)(H,56,67)/t24-,25-,26+,31-,32-,33-,34-,35-,39?,40-,73?/m0/s1. The smallest absolute Gasteiger partial charge is 0.246 e. The van der Waals surface area contributed by atoms with Gasteiger partial charge in [0.05, 0.1) is 67.0 Å². The van der Waals surface area contributed by atoms with Gasteiger partial charge in [-0.3, -0.25) is 47.4 Å². The molecule has 11 atom stereocenters. The van der Waals surface area contributed by atoms with Gasteiger partial charge in [-0.15, -0.1) is 0 Å². The third-order valence-corrected chi connectivity index (χ3v) is 14.7. The number of fused-ring (bicyclic) bond motifs is 5. The second kappa shape index (κ2) is 26.6. The molecule has 3 aliphatic heterocycles. The van der Waals surface area contributed by atoms with Crippen molar-refractivity contribution < 1.29 is 67.4 Å². The van der Waals surface area contributed by atoms with Gasteiger partial charge in [0.15, 0.2) is 0 Å². The van der Waals surface area contributed by atoms with E-state index in [0.29, 0.717) is 29.7 Å². The van der Waals surface area contributed by atoms with Gasteiger partial charge in [-0.05, 0) is 57.1 Å². The zero-order valence-corrected chi connectivity index (χ0v) is 42.6. The van der Waals surface area contributed by atoms with Crippen molar-refractivity contribution in [3.05, 3.63) is 23.8 Å². The fourth-order valence-electron chi connectivity index (χ4n) is 8.86. The maximum atomic E-state index is 14.9. The van der Waals surface area contributed by atoms with E-state index in [-0.39, 0.29) is 10.6 Å². The Morgan fingerprint density at radius 3 is 2.22 bits per heavy atom. The number of rotatable bonds is 15. The molecule has 73 heavy (non-hydrogen) atoms. The first-order chi connectivity index (χ1) is 34.6. The number of primary amides is 1. The van der Waals surface area contributed by atoms with Crippen LogP contribution in [0.15, 0.2) is 23.2 Å². The van der Waals surface area contributed by atoms with Crippen LogP contribution in [-0.4, -0.2) is 195 Å². The van der Waals surface area contributed by atoms with E-state index in [1.807, 2.05) is 14.1 Å². The molecule has 1 aromatic carbocycles. The van der Waals surface area contributed by atoms with Crippen molar-refractivity contribution in [1.29, 1.82) is 0 Å². The largest absolute Gasteiger partial charge is 0.494 e. The van der Waals surface area contributed by atoms with Crippen LogP contribution in [0.5, 0.6) is 5.75 Å². The van der Waals surface area contributed by atoms with Crippen molar-refractivity contribution in [3.63, 3.8) is 0 Å². The Bertz CT molecular complexity index is 2380. The Hall–Kier alpha value is -6.22. The van der Waals surface area contributed by atoms with Crippen molar-refractivity contribution in [2.45, 2.75) is 126 Å². The average molecular weight is 1050 g/mol. The van der Waals surface area contributed by atoms with E-state index < -0.39 is 176 Å². The molecule has 13 N–H and O–H groups in total. The van der Waals surface area contributed by atoms with Crippen LogP contribution in [0.3, 0.4) is 0 Å². The summed E-state index contributed by atoms with van der Waals surface area (Å²) < 4.78 is 21.0. The molecular weight excluding hydrogens is 975 g/mol. The minimum Gasteiger partial charge on any atom is -0.494 e. The molecule has 2 bridgehead atoms. The Labute approximate surface area is 425 Å². The predicted molar refractivity (Wildman–Crippen MR) is 263 cm³/mol. The van der Waals surface area contributed by atoms with Crippen LogP contribution in [0.1, 0.15) is 71.3 Å². The number of unbranched alkanes of at least 4 members (excludes halogenated alkanes) is 3. The summed E-state index contributed by atoms with van der Waals surface area (Å²) in [6.45, 7) is 3.19. The molecule has 25 nitrogen and oxygen atoms in total. The molecule has 2 aromatic rings. The Morgan fingerprint density at radius 2 is 1.55 bits per heavy atom. The highest BCUT2D eigenvalue weighted by Gasteiger charge is 2.45. The second-order valence-corrected chi connectivity index (χ2v) is 20.6. The fraction of sp³-hybridized carbons (Fsp3) is 0.638. The summed E-state index contributed by atoms with van der Waals surface area (Å²) in [7, 11) is 1.65. The maximum Gasteiger partial charge on any atom is 0.246 e. The molecule has 1 saturated heterocycles. The molecule has 0 aliphatic carbocycles. The van der Waals surface area contributed by atoms with E-state index >= 15 is 0 Å². The molecule has 0 spiro atoms. The average Bonchev–Trinajstić information content (AvgIpc) is 3.92. The van der Waals surface area contributed by atoms with Gasteiger partial charge in [-0.1, -0.05) is 40.0 Å². The monoisotopic (exact) mass is 1050 g/mol. The molecule has 2 unspecified atom stereocenters. The number of nitrogens with one attached hydrogen (secondary N) is 8. The molecule has 0 radical (unpaired) electrons. The van der Waals surface area contributed by atoms with Crippen molar-refractivity contribution in [2.24, 2.45) is 17.6 Å². The molecule has 404 valence electrons. The number of H-pyrrole nitrogens is 1. The van der Waals surface area contributed by atoms with Crippen LogP contribution >= 0.6 is 0 Å². The number of benzene rings is 1. The van der Waals surface area contributed by atoms with Gasteiger partial charge in [-0.2, -0.15) is 0 Å². The summed E-state index contributed by atoms with van der Waals surface area (Å²) in [4.78, 5) is 131. The number of ether oxygens (including phenoxy) is 1. The van der Waals surface area contributed by atoms with Gasteiger partial charge in [0.2, 0.25) is 53.2 Å². The predicted octanol–water partition coefficient (Wildman–Crippen LogP) is -4.13. The number of nitrogens with zero attached hydrogens (tertiary/aromatic N) is 2. The summed E-state index contributed by atoms with van der Waals surface area (Å²) in [6.07, 6.45) is -0.653. The highest BCUT2D eigenvalue weighted by Crippen LogP contribution is 2.31. The second-order valence-electron chi connectivity index (χ2n) is 19.2. The normalized spacial score (nSPS) is 26.5. The lowest BCUT2D eigenvalue weighted by molar-refractivity contribution is -0.144. The Morgan fingerprint density at radius 1 is 0.863 bits per heavy atom. The maximum absolute atomic E-state index is 14.9. The van der Waals surface area contributed by atoms with Crippen molar-refractivity contribution >= 4 is 74.9 Å². The number of carbonyl (C=O) groups is 9. The van der Waals surface area contributed by atoms with Crippen LogP contribution in [0, 0.1) is 11.8 Å². The van der Waals surface area contributed by atoms with Gasteiger partial charge in [0.25, 0.3) is 0 Å². The van der Waals surface area contributed by atoms with E-state index in [1.165, 1.54) is 6.92 Å².